The molecule has 0 unspecified atom stereocenters. The third kappa shape index (κ3) is 4.09. The van der Waals surface area contributed by atoms with Crippen molar-refractivity contribution in [2.75, 3.05) is 17.9 Å². The molecule has 0 spiro atoms. The van der Waals surface area contributed by atoms with Crippen molar-refractivity contribution in [2.24, 2.45) is 0 Å². The number of amides is 1. The quantitative estimate of drug-likeness (QED) is 0.414. The Balaban J connectivity index is 1.85. The topological polar surface area (TPSA) is 144 Å². The highest BCUT2D eigenvalue weighted by molar-refractivity contribution is 5.95. The number of nitrogens with zero attached hydrogens (tertiary/aromatic N) is 4. The summed E-state index contributed by atoms with van der Waals surface area (Å²) in [5.41, 5.74) is 5.19. The van der Waals surface area contributed by atoms with Crippen LogP contribution in [-0.2, 0) is 0 Å². The van der Waals surface area contributed by atoms with Crippen molar-refractivity contribution in [1.82, 2.24) is 20.4 Å². The first-order valence-electron chi connectivity index (χ1n) is 7.96. The maximum atomic E-state index is 12.1. The first-order chi connectivity index (χ1) is 13.6. The first kappa shape index (κ1) is 18.5. The van der Waals surface area contributed by atoms with Crippen molar-refractivity contribution in [3.8, 4) is 5.75 Å². The smallest absolute Gasteiger partial charge is 0.355 e. The van der Waals surface area contributed by atoms with E-state index in [0.717, 1.165) is 6.33 Å². The number of methoxy groups -OCH3 is 1. The molecule has 0 atom stereocenters. The van der Waals surface area contributed by atoms with Crippen molar-refractivity contribution in [3.63, 3.8) is 0 Å². The molecule has 0 saturated carbocycles. The number of carbonyl (C=O) groups excluding carboxylic acids is 1. The molecule has 2 aromatic heterocycles. The van der Waals surface area contributed by atoms with Gasteiger partial charge in [0.05, 0.1) is 17.7 Å². The summed E-state index contributed by atoms with van der Waals surface area (Å²) in [5.74, 6) is -0.268. The van der Waals surface area contributed by atoms with Crippen LogP contribution in [-0.4, -0.2) is 32.9 Å². The predicted molar refractivity (Wildman–Crippen MR) is 100 cm³/mol. The van der Waals surface area contributed by atoms with E-state index in [0.29, 0.717) is 17.0 Å². The van der Waals surface area contributed by atoms with E-state index in [4.69, 9.17) is 4.74 Å². The summed E-state index contributed by atoms with van der Waals surface area (Å²) in [4.78, 5) is 34.7. The van der Waals surface area contributed by atoms with Gasteiger partial charge in [0, 0.05) is 18.0 Å². The van der Waals surface area contributed by atoms with Crippen molar-refractivity contribution < 1.29 is 14.5 Å². The number of ether oxygens (including phenoxy) is 1. The number of benzene rings is 1. The maximum Gasteiger partial charge on any atom is 0.355 e. The van der Waals surface area contributed by atoms with E-state index in [2.05, 4.69) is 31.1 Å². The largest absolute Gasteiger partial charge is 0.495 e. The Kier molecular flexibility index (Phi) is 5.55. The second-order valence-corrected chi connectivity index (χ2v) is 5.32. The fraction of sp³-hybridized carbons (Fsp3) is 0.0588. The van der Waals surface area contributed by atoms with E-state index in [9.17, 15) is 14.9 Å². The molecule has 28 heavy (non-hydrogen) atoms. The minimum absolute atomic E-state index is 0.0647. The van der Waals surface area contributed by atoms with Gasteiger partial charge in [0.15, 0.2) is 0 Å². The van der Waals surface area contributed by atoms with Gasteiger partial charge in [0.25, 0.3) is 5.91 Å². The molecule has 3 aromatic rings. The van der Waals surface area contributed by atoms with E-state index in [1.807, 2.05) is 0 Å². The van der Waals surface area contributed by atoms with Crippen molar-refractivity contribution in [3.05, 3.63) is 70.8 Å². The summed E-state index contributed by atoms with van der Waals surface area (Å²) in [7, 11) is 1.48. The zero-order valence-corrected chi connectivity index (χ0v) is 14.6. The van der Waals surface area contributed by atoms with E-state index in [-0.39, 0.29) is 11.6 Å². The zero-order chi connectivity index (χ0) is 19.9. The van der Waals surface area contributed by atoms with Crippen LogP contribution < -0.4 is 20.9 Å². The summed E-state index contributed by atoms with van der Waals surface area (Å²) in [6.45, 7) is 0. The lowest BCUT2D eigenvalue weighted by atomic mass is 10.2. The van der Waals surface area contributed by atoms with Crippen LogP contribution in [0.3, 0.4) is 0 Å². The van der Waals surface area contributed by atoms with Crippen molar-refractivity contribution in [1.29, 1.82) is 0 Å². The normalized spacial score (nSPS) is 10.0. The summed E-state index contributed by atoms with van der Waals surface area (Å²) >= 11 is 0. The lowest BCUT2D eigenvalue weighted by molar-refractivity contribution is -0.383. The fourth-order valence-electron chi connectivity index (χ4n) is 2.30. The summed E-state index contributed by atoms with van der Waals surface area (Å²) < 4.78 is 5.22. The number of hydrogen-bond donors (Lipinski definition) is 3. The second kappa shape index (κ2) is 8.40. The maximum absolute atomic E-state index is 12.1. The lowest BCUT2D eigenvalue weighted by Gasteiger charge is -2.12. The SMILES string of the molecule is COc1ccccc1Nc1ncnc(NNC(=O)c2ccncc2)c1[N+](=O)[O-]. The van der Waals surface area contributed by atoms with Gasteiger partial charge in [0.1, 0.15) is 12.1 Å². The molecule has 0 fully saturated rings. The van der Waals surface area contributed by atoms with E-state index in [1.54, 1.807) is 24.3 Å². The molecular formula is C17H15N7O4. The number of rotatable bonds is 7. The molecule has 1 aromatic carbocycles. The average molecular weight is 381 g/mol. The van der Waals surface area contributed by atoms with Crippen LogP contribution in [0.25, 0.3) is 0 Å². The molecule has 0 aliphatic rings. The Morgan fingerprint density at radius 2 is 1.82 bits per heavy atom. The average Bonchev–Trinajstić information content (AvgIpc) is 2.73. The molecule has 0 aliphatic heterocycles. The Hall–Kier alpha value is -4.28. The number of para-hydroxylation sites is 2. The molecule has 0 saturated heterocycles. The highest BCUT2D eigenvalue weighted by atomic mass is 16.6. The number of nitro groups is 1. The monoisotopic (exact) mass is 381 g/mol. The first-order valence-corrected chi connectivity index (χ1v) is 7.96. The van der Waals surface area contributed by atoms with Gasteiger partial charge in [-0.1, -0.05) is 12.1 Å². The van der Waals surface area contributed by atoms with Gasteiger partial charge < -0.3 is 10.1 Å². The number of hydrogen-bond acceptors (Lipinski definition) is 9. The van der Waals surface area contributed by atoms with E-state index in [1.165, 1.54) is 31.6 Å². The molecule has 1 amide bonds. The van der Waals surface area contributed by atoms with Gasteiger partial charge in [-0.3, -0.25) is 30.7 Å². The predicted octanol–water partition coefficient (Wildman–Crippen LogP) is 2.29. The number of anilines is 3. The standard InChI is InChI=1S/C17H15N7O4/c1-28-13-5-3-2-4-12(13)21-15-14(24(26)27)16(20-10-19-15)22-23-17(25)11-6-8-18-9-7-11/h2-10H,1H3,(H,23,25)(H2,19,20,21,22). The molecular weight excluding hydrogens is 366 g/mol. The molecule has 2 heterocycles. The van der Waals surface area contributed by atoms with Crippen LogP contribution in [0.15, 0.2) is 55.1 Å². The minimum Gasteiger partial charge on any atom is -0.495 e. The number of hydrazine groups is 1. The molecule has 3 N–H and O–H groups in total. The van der Waals surface area contributed by atoms with E-state index >= 15 is 0 Å². The summed E-state index contributed by atoms with van der Waals surface area (Å²) in [6.07, 6.45) is 4.04. The van der Waals surface area contributed by atoms with Gasteiger partial charge in [-0.15, -0.1) is 0 Å². The van der Waals surface area contributed by atoms with Gasteiger partial charge >= 0.3 is 5.69 Å². The molecule has 142 valence electrons. The molecule has 0 bridgehead atoms. The van der Waals surface area contributed by atoms with Gasteiger partial charge in [-0.05, 0) is 24.3 Å². The van der Waals surface area contributed by atoms with Crippen LogP contribution in [0.5, 0.6) is 5.75 Å². The van der Waals surface area contributed by atoms with Gasteiger partial charge in [-0.25, -0.2) is 9.97 Å². The lowest BCUT2D eigenvalue weighted by Crippen LogP contribution is -2.30. The molecule has 0 aliphatic carbocycles. The minimum atomic E-state index is -0.654. The number of nitrogens with one attached hydrogen (secondary N) is 3. The second-order valence-electron chi connectivity index (χ2n) is 5.32. The molecule has 11 heteroatoms. The Bertz CT molecular complexity index is 998. The van der Waals surface area contributed by atoms with Crippen LogP contribution in [0.4, 0.5) is 23.0 Å². The van der Waals surface area contributed by atoms with Crippen molar-refractivity contribution >= 4 is 28.9 Å². The molecule has 11 nitrogen and oxygen atoms in total. The van der Waals surface area contributed by atoms with E-state index < -0.39 is 16.5 Å². The van der Waals surface area contributed by atoms with Crippen LogP contribution >= 0.6 is 0 Å². The number of carbonyl (C=O) groups is 1. The van der Waals surface area contributed by atoms with Gasteiger partial charge in [-0.2, -0.15) is 0 Å². The summed E-state index contributed by atoms with van der Waals surface area (Å²) in [6, 6.07) is 9.89. The highest BCUT2D eigenvalue weighted by Gasteiger charge is 2.24. The molecule has 0 radical (unpaired) electrons. The van der Waals surface area contributed by atoms with Crippen LogP contribution in [0, 0.1) is 10.1 Å². The number of pyridine rings is 1. The third-order valence-electron chi connectivity index (χ3n) is 3.60. The molecule has 3 rings (SSSR count). The van der Waals surface area contributed by atoms with Crippen LogP contribution in [0.2, 0.25) is 0 Å². The third-order valence-corrected chi connectivity index (χ3v) is 3.60. The van der Waals surface area contributed by atoms with Crippen molar-refractivity contribution in [2.45, 2.75) is 0 Å². The number of aromatic nitrogens is 3. The Morgan fingerprint density at radius 3 is 2.54 bits per heavy atom. The van der Waals surface area contributed by atoms with Crippen LogP contribution in [0.1, 0.15) is 10.4 Å². The van der Waals surface area contributed by atoms with Gasteiger partial charge in [0.2, 0.25) is 11.6 Å². The fourth-order valence-corrected chi connectivity index (χ4v) is 2.30. The Labute approximate surface area is 158 Å². The Morgan fingerprint density at radius 1 is 1.11 bits per heavy atom. The highest BCUT2D eigenvalue weighted by Crippen LogP contribution is 2.33. The zero-order valence-electron chi connectivity index (χ0n) is 14.6. The summed E-state index contributed by atoms with van der Waals surface area (Å²) in [5, 5.41) is 14.4.